The minimum Gasteiger partial charge on any atom is -0.492 e. The summed E-state index contributed by atoms with van der Waals surface area (Å²) in [5, 5.41) is 4.09. The second-order valence-electron chi connectivity index (χ2n) is 4.82. The molecule has 5 nitrogen and oxygen atoms in total. The zero-order valence-electron chi connectivity index (χ0n) is 12.6. The maximum Gasteiger partial charge on any atom is 0.176 e. The van der Waals surface area contributed by atoms with Crippen molar-refractivity contribution in [3.8, 4) is 5.75 Å². The van der Waals surface area contributed by atoms with Gasteiger partial charge in [-0.05, 0) is 26.7 Å². The molecule has 0 amide bonds. The topological polar surface area (TPSA) is 73.6 Å². The molecule has 20 heavy (non-hydrogen) atoms. The van der Waals surface area contributed by atoms with Gasteiger partial charge in [-0.3, -0.25) is 4.79 Å². The molecule has 0 aliphatic carbocycles. The number of nitrogens with two attached hydrogens (primary N) is 1. The standard InChI is InChI=1S/C14H24N2O3S/c1-9(2)19-8-6-5-7-16-14-12(18-4)11(15)13(20-14)10(3)17/h9,16H,5-8,15H2,1-4H3. The van der Waals surface area contributed by atoms with Crippen LogP contribution in [0.5, 0.6) is 5.75 Å². The van der Waals surface area contributed by atoms with E-state index in [9.17, 15) is 4.79 Å². The van der Waals surface area contributed by atoms with Crippen molar-refractivity contribution in [3.63, 3.8) is 0 Å². The molecule has 0 atom stereocenters. The third-order valence-corrected chi connectivity index (χ3v) is 3.98. The SMILES string of the molecule is COc1c(NCCCCOC(C)C)sc(C(C)=O)c1N. The summed E-state index contributed by atoms with van der Waals surface area (Å²) in [5.41, 5.74) is 6.33. The summed E-state index contributed by atoms with van der Waals surface area (Å²) >= 11 is 1.35. The van der Waals surface area contributed by atoms with Crippen LogP contribution in [0.25, 0.3) is 0 Å². The molecule has 114 valence electrons. The molecule has 6 heteroatoms. The zero-order chi connectivity index (χ0) is 15.1. The van der Waals surface area contributed by atoms with Crippen LogP contribution < -0.4 is 15.8 Å². The van der Waals surface area contributed by atoms with Crippen LogP contribution in [0.2, 0.25) is 0 Å². The molecule has 0 bridgehead atoms. The molecule has 0 saturated heterocycles. The summed E-state index contributed by atoms with van der Waals surface area (Å²) in [7, 11) is 1.56. The van der Waals surface area contributed by atoms with Gasteiger partial charge in [-0.1, -0.05) is 0 Å². The van der Waals surface area contributed by atoms with Crippen LogP contribution in [0.4, 0.5) is 10.7 Å². The van der Waals surface area contributed by atoms with Gasteiger partial charge in [0, 0.05) is 20.1 Å². The molecule has 0 unspecified atom stereocenters. The molecule has 0 aromatic carbocycles. The van der Waals surface area contributed by atoms with Crippen LogP contribution in [-0.4, -0.2) is 32.1 Å². The van der Waals surface area contributed by atoms with Crippen molar-refractivity contribution in [1.82, 2.24) is 0 Å². The van der Waals surface area contributed by atoms with Gasteiger partial charge in [0.2, 0.25) is 0 Å². The highest BCUT2D eigenvalue weighted by atomic mass is 32.1. The second-order valence-corrected chi connectivity index (χ2v) is 5.84. The first-order valence-corrected chi connectivity index (χ1v) is 7.61. The van der Waals surface area contributed by atoms with Crippen LogP contribution in [0.15, 0.2) is 0 Å². The Kier molecular flexibility index (Phi) is 6.81. The van der Waals surface area contributed by atoms with Crippen LogP contribution in [0.3, 0.4) is 0 Å². The van der Waals surface area contributed by atoms with E-state index in [0.29, 0.717) is 16.3 Å². The summed E-state index contributed by atoms with van der Waals surface area (Å²) in [5.74, 6) is 0.530. The summed E-state index contributed by atoms with van der Waals surface area (Å²) in [6.07, 6.45) is 2.26. The Morgan fingerprint density at radius 3 is 2.65 bits per heavy atom. The Balaban J connectivity index is 2.47. The quantitative estimate of drug-likeness (QED) is 0.541. The van der Waals surface area contributed by atoms with Gasteiger partial charge in [-0.25, -0.2) is 0 Å². The molecule has 0 aliphatic heterocycles. The highest BCUT2D eigenvalue weighted by Gasteiger charge is 2.18. The number of carbonyl (C=O) groups is 1. The van der Waals surface area contributed by atoms with Crippen LogP contribution in [-0.2, 0) is 4.74 Å². The Morgan fingerprint density at radius 2 is 2.10 bits per heavy atom. The molecule has 3 N–H and O–H groups in total. The third kappa shape index (κ3) is 4.68. The average Bonchev–Trinajstić information content (AvgIpc) is 2.69. The fourth-order valence-corrected chi connectivity index (χ4v) is 2.77. The molecule has 0 saturated carbocycles. The third-order valence-electron chi connectivity index (χ3n) is 2.73. The average molecular weight is 300 g/mol. The first kappa shape index (κ1) is 16.8. The van der Waals surface area contributed by atoms with E-state index < -0.39 is 0 Å². The highest BCUT2D eigenvalue weighted by molar-refractivity contribution is 7.19. The van der Waals surface area contributed by atoms with Gasteiger partial charge in [0.25, 0.3) is 0 Å². The van der Waals surface area contributed by atoms with E-state index in [2.05, 4.69) is 5.32 Å². The summed E-state index contributed by atoms with van der Waals surface area (Å²) < 4.78 is 10.7. The van der Waals surface area contributed by atoms with Gasteiger partial charge in [-0.15, -0.1) is 11.3 Å². The molecule has 1 aromatic rings. The number of nitrogens with one attached hydrogen (secondary N) is 1. The number of rotatable bonds is 9. The number of hydrogen-bond acceptors (Lipinski definition) is 6. The molecular weight excluding hydrogens is 276 g/mol. The van der Waals surface area contributed by atoms with Crippen LogP contribution in [0.1, 0.15) is 43.3 Å². The number of hydrogen-bond donors (Lipinski definition) is 2. The number of carbonyl (C=O) groups excluding carboxylic acids is 1. The Labute approximate surface area is 124 Å². The number of Topliss-reactive ketones (excluding diaryl/α,β-unsaturated/α-hetero) is 1. The lowest BCUT2D eigenvalue weighted by Gasteiger charge is -2.08. The normalized spacial score (nSPS) is 10.8. The molecule has 1 rings (SSSR count). The largest absolute Gasteiger partial charge is 0.492 e. The van der Waals surface area contributed by atoms with E-state index in [0.717, 1.165) is 31.0 Å². The van der Waals surface area contributed by atoms with E-state index in [4.69, 9.17) is 15.2 Å². The van der Waals surface area contributed by atoms with E-state index in [1.54, 1.807) is 7.11 Å². The monoisotopic (exact) mass is 300 g/mol. The first-order chi connectivity index (χ1) is 9.47. The molecule has 0 aliphatic rings. The lowest BCUT2D eigenvalue weighted by atomic mass is 10.3. The van der Waals surface area contributed by atoms with Crippen molar-refractivity contribution in [2.75, 3.05) is 31.3 Å². The van der Waals surface area contributed by atoms with Gasteiger partial charge in [0.1, 0.15) is 5.00 Å². The van der Waals surface area contributed by atoms with Gasteiger partial charge in [-0.2, -0.15) is 0 Å². The van der Waals surface area contributed by atoms with Gasteiger partial charge >= 0.3 is 0 Å². The minimum absolute atomic E-state index is 0.0378. The molecule has 1 heterocycles. The van der Waals surface area contributed by atoms with Crippen molar-refractivity contribution in [2.45, 2.75) is 39.7 Å². The predicted octanol–water partition coefficient (Wildman–Crippen LogP) is 3.16. The van der Waals surface area contributed by atoms with Crippen molar-refractivity contribution in [2.24, 2.45) is 0 Å². The van der Waals surface area contributed by atoms with Crippen molar-refractivity contribution in [3.05, 3.63) is 4.88 Å². The zero-order valence-corrected chi connectivity index (χ0v) is 13.4. The van der Waals surface area contributed by atoms with Gasteiger partial charge in [0.05, 0.1) is 23.8 Å². The van der Waals surface area contributed by atoms with E-state index >= 15 is 0 Å². The second kappa shape index (κ2) is 8.11. The van der Waals surface area contributed by atoms with Crippen LogP contribution in [0, 0.1) is 0 Å². The predicted molar refractivity (Wildman–Crippen MR) is 84.1 cm³/mol. The maximum absolute atomic E-state index is 11.5. The van der Waals surface area contributed by atoms with Crippen molar-refractivity contribution >= 4 is 27.8 Å². The molecular formula is C14H24N2O3S. The number of ketones is 1. The maximum atomic E-state index is 11.5. The highest BCUT2D eigenvalue weighted by Crippen LogP contribution is 2.42. The fraction of sp³-hybridized carbons (Fsp3) is 0.643. The minimum atomic E-state index is -0.0378. The lowest BCUT2D eigenvalue weighted by Crippen LogP contribution is -2.07. The van der Waals surface area contributed by atoms with E-state index in [1.807, 2.05) is 13.8 Å². The lowest BCUT2D eigenvalue weighted by molar-refractivity contribution is 0.0765. The Bertz CT molecular complexity index is 444. The Morgan fingerprint density at radius 1 is 1.40 bits per heavy atom. The van der Waals surface area contributed by atoms with Crippen molar-refractivity contribution in [1.29, 1.82) is 0 Å². The molecule has 1 aromatic heterocycles. The first-order valence-electron chi connectivity index (χ1n) is 6.80. The molecule has 0 spiro atoms. The molecule has 0 radical (unpaired) electrons. The van der Waals surface area contributed by atoms with Crippen molar-refractivity contribution < 1.29 is 14.3 Å². The van der Waals surface area contributed by atoms with Gasteiger partial charge in [0.15, 0.2) is 11.5 Å². The number of anilines is 2. The summed E-state index contributed by atoms with van der Waals surface area (Å²) in [4.78, 5) is 12.0. The number of methoxy groups -OCH3 is 1. The number of ether oxygens (including phenoxy) is 2. The smallest absolute Gasteiger partial charge is 0.176 e. The van der Waals surface area contributed by atoms with E-state index in [-0.39, 0.29) is 11.9 Å². The number of thiophene rings is 1. The number of unbranched alkanes of at least 4 members (excludes halogenated alkanes) is 1. The summed E-state index contributed by atoms with van der Waals surface area (Å²) in [6, 6.07) is 0. The van der Waals surface area contributed by atoms with E-state index in [1.165, 1.54) is 18.3 Å². The summed E-state index contributed by atoms with van der Waals surface area (Å²) in [6.45, 7) is 7.13. The van der Waals surface area contributed by atoms with Crippen LogP contribution >= 0.6 is 11.3 Å². The Hall–Kier alpha value is -1.27. The number of nitrogen functional groups attached to an aromatic ring is 1. The van der Waals surface area contributed by atoms with Gasteiger partial charge < -0.3 is 20.5 Å². The fourth-order valence-electron chi connectivity index (χ4n) is 1.76. The molecule has 0 fully saturated rings.